The number of nitrogens with two attached hydrogens (primary N) is 1. The topological polar surface area (TPSA) is 131 Å². The third-order valence-electron chi connectivity index (χ3n) is 10.5. The van der Waals surface area contributed by atoms with Gasteiger partial charge in [0, 0.05) is 13.0 Å². The van der Waals surface area contributed by atoms with E-state index in [-0.39, 0.29) is 25.7 Å². The minimum atomic E-state index is -4.36. The summed E-state index contributed by atoms with van der Waals surface area (Å²) in [7, 11) is -4.36. The standard InChI is InChI=1S/C51H93N2O6P/c1-3-5-7-9-11-13-15-17-19-21-23-24-25-26-27-29-31-33-35-37-39-41-43-45-51(55)53-49(48-59-60(56,57)58-47-46-52)50(54)44-42-40-38-36-34-32-30-28-22-20-18-16-14-12-10-8-6-4-2/h15,17,21-23,25-26,28,34,36,42,44,49-50,54H,3-14,16,18-20,24,27,29-33,35,37-41,43,45-48,52H2,1-2H3,(H,53,55)(H,56,57)/b17-15-,23-21-,26-25-,28-22+,36-34+,44-42+. The average molecular weight is 861 g/mol. The van der Waals surface area contributed by atoms with Crippen LogP contribution in [0.25, 0.3) is 0 Å². The monoisotopic (exact) mass is 861 g/mol. The predicted molar refractivity (Wildman–Crippen MR) is 258 cm³/mol. The number of carbonyl (C=O) groups is 1. The minimum Gasteiger partial charge on any atom is -0.387 e. The number of aliphatic hydroxyl groups is 1. The summed E-state index contributed by atoms with van der Waals surface area (Å²) in [6, 6.07) is -0.892. The van der Waals surface area contributed by atoms with Gasteiger partial charge in [0.15, 0.2) is 0 Å². The highest BCUT2D eigenvalue weighted by Gasteiger charge is 2.26. The molecule has 0 aromatic carbocycles. The van der Waals surface area contributed by atoms with E-state index in [4.69, 9.17) is 14.8 Å². The van der Waals surface area contributed by atoms with Gasteiger partial charge in [-0.3, -0.25) is 13.8 Å². The highest BCUT2D eigenvalue weighted by atomic mass is 31.2. The van der Waals surface area contributed by atoms with Crippen LogP contribution in [0.4, 0.5) is 0 Å². The van der Waals surface area contributed by atoms with Crippen LogP contribution in [-0.2, 0) is 18.4 Å². The summed E-state index contributed by atoms with van der Waals surface area (Å²) >= 11 is 0. The van der Waals surface area contributed by atoms with Crippen molar-refractivity contribution in [3.8, 4) is 0 Å². The number of unbranched alkanes of at least 4 members (excludes halogenated alkanes) is 23. The second kappa shape index (κ2) is 46.4. The third-order valence-corrected chi connectivity index (χ3v) is 11.5. The summed E-state index contributed by atoms with van der Waals surface area (Å²) in [4.78, 5) is 22.8. The number of aliphatic hydroxyl groups excluding tert-OH is 1. The van der Waals surface area contributed by atoms with Gasteiger partial charge in [-0.15, -0.1) is 0 Å². The van der Waals surface area contributed by atoms with Crippen molar-refractivity contribution in [2.24, 2.45) is 5.73 Å². The van der Waals surface area contributed by atoms with Crippen LogP contribution in [0.5, 0.6) is 0 Å². The summed E-state index contributed by atoms with van der Waals surface area (Å²) in [5.74, 6) is -0.217. The minimum absolute atomic E-state index is 0.0673. The molecule has 0 aliphatic heterocycles. The van der Waals surface area contributed by atoms with Crippen molar-refractivity contribution in [3.05, 3.63) is 72.9 Å². The molecule has 5 N–H and O–H groups in total. The number of phosphoric acid groups is 1. The fourth-order valence-electron chi connectivity index (χ4n) is 6.76. The molecule has 348 valence electrons. The molecule has 0 radical (unpaired) electrons. The Morgan fingerprint density at radius 1 is 0.550 bits per heavy atom. The number of phosphoric ester groups is 1. The van der Waals surface area contributed by atoms with E-state index in [1.165, 1.54) is 122 Å². The molecule has 0 saturated carbocycles. The predicted octanol–water partition coefficient (Wildman–Crippen LogP) is 14.4. The Morgan fingerprint density at radius 2 is 0.933 bits per heavy atom. The molecule has 0 bridgehead atoms. The summed E-state index contributed by atoms with van der Waals surface area (Å²) in [6.07, 6.45) is 61.0. The Bertz CT molecular complexity index is 1170. The fraction of sp³-hybridized carbons (Fsp3) is 0.745. The van der Waals surface area contributed by atoms with E-state index >= 15 is 0 Å². The van der Waals surface area contributed by atoms with Crippen LogP contribution in [0.2, 0.25) is 0 Å². The average Bonchev–Trinajstić information content (AvgIpc) is 3.24. The van der Waals surface area contributed by atoms with E-state index < -0.39 is 20.0 Å². The van der Waals surface area contributed by atoms with Crippen LogP contribution in [0, 0.1) is 0 Å². The largest absolute Gasteiger partial charge is 0.472 e. The highest BCUT2D eigenvalue weighted by molar-refractivity contribution is 7.47. The van der Waals surface area contributed by atoms with Gasteiger partial charge in [0.2, 0.25) is 5.91 Å². The smallest absolute Gasteiger partial charge is 0.387 e. The van der Waals surface area contributed by atoms with E-state index in [9.17, 15) is 19.4 Å². The normalized spacial score (nSPS) is 14.6. The van der Waals surface area contributed by atoms with Crippen molar-refractivity contribution in [1.82, 2.24) is 5.32 Å². The third kappa shape index (κ3) is 44.0. The molecule has 3 atom stereocenters. The molecule has 0 spiro atoms. The Hall–Kier alpha value is -2.06. The number of amides is 1. The lowest BCUT2D eigenvalue weighted by molar-refractivity contribution is -0.123. The van der Waals surface area contributed by atoms with Crippen molar-refractivity contribution in [2.45, 2.75) is 225 Å². The van der Waals surface area contributed by atoms with Crippen LogP contribution in [0.15, 0.2) is 72.9 Å². The lowest BCUT2D eigenvalue weighted by Crippen LogP contribution is -2.45. The van der Waals surface area contributed by atoms with Crippen molar-refractivity contribution in [3.63, 3.8) is 0 Å². The van der Waals surface area contributed by atoms with Crippen LogP contribution in [-0.4, -0.2) is 47.8 Å². The molecule has 8 nitrogen and oxygen atoms in total. The van der Waals surface area contributed by atoms with Crippen molar-refractivity contribution >= 4 is 13.7 Å². The maximum absolute atomic E-state index is 12.8. The SMILES string of the molecule is CCCCCCC/C=C\C/C=C\C/C=C\CCCCCCCCCCC(=O)NC(COP(=O)(O)OCCN)C(O)/C=C/CC/C=C/CC/C=C/CCCCCCCCCC. The Balaban J connectivity index is 4.23. The maximum atomic E-state index is 12.8. The Labute approximate surface area is 369 Å². The lowest BCUT2D eigenvalue weighted by atomic mass is 10.1. The summed E-state index contributed by atoms with van der Waals surface area (Å²) in [5, 5.41) is 13.7. The van der Waals surface area contributed by atoms with Gasteiger partial charge in [0.25, 0.3) is 0 Å². The lowest BCUT2D eigenvalue weighted by Gasteiger charge is -2.23. The molecule has 0 aromatic rings. The van der Waals surface area contributed by atoms with Crippen molar-refractivity contribution in [2.75, 3.05) is 19.8 Å². The van der Waals surface area contributed by atoms with Gasteiger partial charge in [-0.05, 0) is 83.5 Å². The van der Waals surface area contributed by atoms with Gasteiger partial charge in [-0.2, -0.15) is 0 Å². The van der Waals surface area contributed by atoms with Gasteiger partial charge in [-0.25, -0.2) is 4.57 Å². The quantitative estimate of drug-likeness (QED) is 0.0272. The molecule has 0 rings (SSSR count). The summed E-state index contributed by atoms with van der Waals surface area (Å²) < 4.78 is 22.2. The van der Waals surface area contributed by atoms with Crippen LogP contribution < -0.4 is 11.1 Å². The molecule has 9 heteroatoms. The second-order valence-corrected chi connectivity index (χ2v) is 17.7. The van der Waals surface area contributed by atoms with Crippen molar-refractivity contribution in [1.29, 1.82) is 0 Å². The van der Waals surface area contributed by atoms with Gasteiger partial charge < -0.3 is 21.1 Å². The number of allylic oxidation sites excluding steroid dienone is 11. The Morgan fingerprint density at radius 3 is 1.40 bits per heavy atom. The summed E-state index contributed by atoms with van der Waals surface area (Å²) in [5.41, 5.74) is 5.38. The second-order valence-electron chi connectivity index (χ2n) is 16.3. The Kier molecular flexibility index (Phi) is 44.8. The molecule has 0 fully saturated rings. The van der Waals surface area contributed by atoms with Gasteiger partial charge in [0.05, 0.1) is 25.4 Å². The van der Waals surface area contributed by atoms with E-state index in [1.54, 1.807) is 6.08 Å². The maximum Gasteiger partial charge on any atom is 0.472 e. The molecule has 0 aliphatic carbocycles. The fourth-order valence-corrected chi connectivity index (χ4v) is 7.52. The first-order valence-corrected chi connectivity index (χ1v) is 26.1. The highest BCUT2D eigenvalue weighted by Crippen LogP contribution is 2.43. The molecular weight excluding hydrogens is 768 g/mol. The van der Waals surface area contributed by atoms with Gasteiger partial charge in [0.1, 0.15) is 0 Å². The van der Waals surface area contributed by atoms with Crippen LogP contribution in [0.3, 0.4) is 0 Å². The first-order chi connectivity index (χ1) is 29.4. The van der Waals surface area contributed by atoms with Crippen LogP contribution >= 0.6 is 7.82 Å². The van der Waals surface area contributed by atoms with E-state index in [1.807, 2.05) is 6.08 Å². The van der Waals surface area contributed by atoms with E-state index in [2.05, 4.69) is 79.9 Å². The number of carbonyl (C=O) groups excluding carboxylic acids is 1. The molecule has 1 amide bonds. The van der Waals surface area contributed by atoms with Gasteiger partial charge >= 0.3 is 7.82 Å². The zero-order valence-corrected chi connectivity index (χ0v) is 39.6. The van der Waals surface area contributed by atoms with E-state index in [0.717, 1.165) is 70.6 Å². The number of hydrogen-bond acceptors (Lipinski definition) is 6. The number of rotatable bonds is 45. The number of hydrogen-bond donors (Lipinski definition) is 4. The van der Waals surface area contributed by atoms with Gasteiger partial charge in [-0.1, -0.05) is 196 Å². The molecule has 0 heterocycles. The number of nitrogens with one attached hydrogen (secondary N) is 1. The molecule has 3 unspecified atom stereocenters. The molecule has 0 aliphatic rings. The zero-order chi connectivity index (χ0) is 43.9. The van der Waals surface area contributed by atoms with E-state index in [0.29, 0.717) is 6.42 Å². The summed E-state index contributed by atoms with van der Waals surface area (Å²) in [6.45, 7) is 4.08. The first kappa shape index (κ1) is 57.9. The molecular formula is C51H93N2O6P. The zero-order valence-electron chi connectivity index (χ0n) is 38.7. The molecule has 0 aromatic heterocycles. The first-order valence-electron chi connectivity index (χ1n) is 24.6. The molecule has 60 heavy (non-hydrogen) atoms. The molecule has 0 saturated heterocycles. The van der Waals surface area contributed by atoms with Crippen molar-refractivity contribution < 1.29 is 28.4 Å². The van der Waals surface area contributed by atoms with Crippen LogP contribution in [0.1, 0.15) is 213 Å².